The van der Waals surface area contributed by atoms with Crippen LogP contribution in [-0.2, 0) is 9.59 Å². The van der Waals surface area contributed by atoms with E-state index in [0.29, 0.717) is 30.3 Å². The van der Waals surface area contributed by atoms with E-state index in [1.54, 1.807) is 0 Å². The fourth-order valence-corrected chi connectivity index (χ4v) is 3.78. The number of carbonyl (C=O) groups is 2. The molecule has 0 amide bonds. The molecule has 0 aromatic heterocycles. The van der Waals surface area contributed by atoms with Crippen LogP contribution >= 0.6 is 0 Å². The molecule has 2 aliphatic carbocycles. The molecule has 2 fully saturated rings. The van der Waals surface area contributed by atoms with E-state index < -0.39 is 0 Å². The SMILES string of the molecule is CCC[C@@H]1CCCC(=O)[C@H]1[C@H]1CCCCC1=O. The van der Waals surface area contributed by atoms with Crippen molar-refractivity contribution >= 4 is 11.6 Å². The third-order valence-corrected chi connectivity index (χ3v) is 4.57. The number of carbonyl (C=O) groups excluding carboxylic acids is 2. The van der Waals surface area contributed by atoms with Gasteiger partial charge in [-0.15, -0.1) is 0 Å². The lowest BCUT2D eigenvalue weighted by Gasteiger charge is -2.37. The van der Waals surface area contributed by atoms with Crippen molar-refractivity contribution in [2.24, 2.45) is 17.8 Å². The molecule has 0 aromatic carbocycles. The Hall–Kier alpha value is -0.660. The van der Waals surface area contributed by atoms with E-state index in [0.717, 1.165) is 44.9 Å². The first-order chi connectivity index (χ1) is 8.24. The summed E-state index contributed by atoms with van der Waals surface area (Å²) in [7, 11) is 0. The predicted molar refractivity (Wildman–Crippen MR) is 67.7 cm³/mol. The lowest BCUT2D eigenvalue weighted by Crippen LogP contribution is -2.39. The highest BCUT2D eigenvalue weighted by atomic mass is 16.1. The molecule has 2 saturated carbocycles. The Labute approximate surface area is 104 Å². The van der Waals surface area contributed by atoms with Crippen LogP contribution < -0.4 is 0 Å². The maximum Gasteiger partial charge on any atom is 0.136 e. The molecule has 2 nitrogen and oxygen atoms in total. The molecule has 0 aliphatic heterocycles. The van der Waals surface area contributed by atoms with E-state index in [4.69, 9.17) is 0 Å². The second-order valence-corrected chi connectivity index (χ2v) is 5.75. The first-order valence-corrected chi connectivity index (χ1v) is 7.29. The van der Waals surface area contributed by atoms with Gasteiger partial charge in [0, 0.05) is 24.7 Å². The average molecular weight is 236 g/mol. The Bertz CT molecular complexity index is 293. The highest BCUT2D eigenvalue weighted by Gasteiger charge is 2.40. The van der Waals surface area contributed by atoms with Crippen LogP contribution in [0.25, 0.3) is 0 Å². The van der Waals surface area contributed by atoms with Gasteiger partial charge in [-0.2, -0.15) is 0 Å². The van der Waals surface area contributed by atoms with Gasteiger partial charge in [-0.3, -0.25) is 9.59 Å². The fourth-order valence-electron chi connectivity index (χ4n) is 3.78. The van der Waals surface area contributed by atoms with Gasteiger partial charge < -0.3 is 0 Å². The Morgan fingerprint density at radius 2 is 1.76 bits per heavy atom. The summed E-state index contributed by atoms with van der Waals surface area (Å²) in [5, 5.41) is 0. The molecule has 0 radical (unpaired) electrons. The van der Waals surface area contributed by atoms with Crippen LogP contribution in [0.5, 0.6) is 0 Å². The van der Waals surface area contributed by atoms with Crippen molar-refractivity contribution < 1.29 is 9.59 Å². The molecule has 2 aliphatic rings. The lowest BCUT2D eigenvalue weighted by atomic mass is 9.66. The van der Waals surface area contributed by atoms with Crippen LogP contribution in [-0.4, -0.2) is 11.6 Å². The highest BCUT2D eigenvalue weighted by molar-refractivity contribution is 5.90. The van der Waals surface area contributed by atoms with Crippen LogP contribution in [0.1, 0.15) is 64.7 Å². The van der Waals surface area contributed by atoms with E-state index in [1.807, 2.05) is 0 Å². The second-order valence-electron chi connectivity index (χ2n) is 5.75. The highest BCUT2D eigenvalue weighted by Crippen LogP contribution is 2.40. The van der Waals surface area contributed by atoms with Gasteiger partial charge in [0.2, 0.25) is 0 Å². The number of Topliss-reactive ketones (excluding diaryl/α,β-unsaturated/α-hetero) is 2. The summed E-state index contributed by atoms with van der Waals surface area (Å²) in [5.41, 5.74) is 0. The number of ketones is 2. The quantitative estimate of drug-likeness (QED) is 0.751. The van der Waals surface area contributed by atoms with E-state index in [9.17, 15) is 9.59 Å². The van der Waals surface area contributed by atoms with Gasteiger partial charge in [-0.25, -0.2) is 0 Å². The molecular weight excluding hydrogens is 212 g/mol. The number of hydrogen-bond acceptors (Lipinski definition) is 2. The Morgan fingerprint density at radius 3 is 2.47 bits per heavy atom. The van der Waals surface area contributed by atoms with Gasteiger partial charge in [-0.1, -0.05) is 19.8 Å². The van der Waals surface area contributed by atoms with E-state index in [2.05, 4.69) is 6.92 Å². The summed E-state index contributed by atoms with van der Waals surface area (Å²) in [6.07, 6.45) is 9.04. The maximum absolute atomic E-state index is 12.2. The van der Waals surface area contributed by atoms with E-state index in [1.165, 1.54) is 0 Å². The van der Waals surface area contributed by atoms with Crippen molar-refractivity contribution in [3.63, 3.8) is 0 Å². The molecule has 0 saturated heterocycles. The summed E-state index contributed by atoms with van der Waals surface area (Å²) in [6.45, 7) is 2.18. The number of rotatable bonds is 3. The Morgan fingerprint density at radius 1 is 1.00 bits per heavy atom. The molecular formula is C15H24O2. The molecule has 0 N–H and O–H groups in total. The third-order valence-electron chi connectivity index (χ3n) is 4.57. The molecule has 0 unspecified atom stereocenters. The molecule has 3 atom stereocenters. The molecule has 2 heteroatoms. The van der Waals surface area contributed by atoms with Crippen molar-refractivity contribution in [1.29, 1.82) is 0 Å². The normalized spacial score (nSPS) is 35.0. The van der Waals surface area contributed by atoms with Gasteiger partial charge >= 0.3 is 0 Å². The zero-order valence-corrected chi connectivity index (χ0v) is 10.9. The number of hydrogen-bond donors (Lipinski definition) is 0. The first kappa shape index (κ1) is 12.8. The summed E-state index contributed by atoms with van der Waals surface area (Å²) >= 11 is 0. The van der Waals surface area contributed by atoms with E-state index in [-0.39, 0.29) is 11.8 Å². The summed E-state index contributed by atoms with van der Waals surface area (Å²) in [5.74, 6) is 1.41. The van der Waals surface area contributed by atoms with Crippen molar-refractivity contribution in [3.8, 4) is 0 Å². The first-order valence-electron chi connectivity index (χ1n) is 7.29. The maximum atomic E-state index is 12.2. The summed E-state index contributed by atoms with van der Waals surface area (Å²) < 4.78 is 0. The third kappa shape index (κ3) is 2.78. The minimum Gasteiger partial charge on any atom is -0.299 e. The van der Waals surface area contributed by atoms with Crippen LogP contribution in [0, 0.1) is 17.8 Å². The van der Waals surface area contributed by atoms with Gasteiger partial charge in [-0.05, 0) is 38.0 Å². The fraction of sp³-hybridized carbons (Fsp3) is 0.867. The van der Waals surface area contributed by atoms with Crippen LogP contribution in [0.4, 0.5) is 0 Å². The minimum absolute atomic E-state index is 0.0769. The predicted octanol–water partition coefficient (Wildman–Crippen LogP) is 3.53. The second kappa shape index (κ2) is 5.79. The lowest BCUT2D eigenvalue weighted by molar-refractivity contribution is -0.138. The van der Waals surface area contributed by atoms with Crippen molar-refractivity contribution in [2.75, 3.05) is 0 Å². The molecule has 0 heterocycles. The summed E-state index contributed by atoms with van der Waals surface area (Å²) in [4.78, 5) is 24.2. The van der Waals surface area contributed by atoms with Gasteiger partial charge in [0.1, 0.15) is 11.6 Å². The topological polar surface area (TPSA) is 34.1 Å². The van der Waals surface area contributed by atoms with Crippen molar-refractivity contribution in [1.82, 2.24) is 0 Å². The molecule has 96 valence electrons. The molecule has 2 rings (SSSR count). The Balaban J connectivity index is 2.12. The zero-order chi connectivity index (χ0) is 12.3. The minimum atomic E-state index is 0.0769. The van der Waals surface area contributed by atoms with Crippen molar-refractivity contribution in [2.45, 2.75) is 64.7 Å². The van der Waals surface area contributed by atoms with Crippen molar-refractivity contribution in [3.05, 3.63) is 0 Å². The zero-order valence-electron chi connectivity index (χ0n) is 10.9. The molecule has 0 bridgehead atoms. The summed E-state index contributed by atoms with van der Waals surface area (Å²) in [6, 6.07) is 0. The van der Waals surface area contributed by atoms with Crippen LogP contribution in [0.3, 0.4) is 0 Å². The monoisotopic (exact) mass is 236 g/mol. The largest absolute Gasteiger partial charge is 0.299 e. The molecule has 0 aromatic rings. The smallest absolute Gasteiger partial charge is 0.136 e. The standard InChI is InChI=1S/C15H24O2/c1-2-6-11-7-5-10-14(17)15(11)12-8-3-4-9-13(12)16/h11-12,15H,2-10H2,1H3/t11-,12+,15-/m1/s1. The van der Waals surface area contributed by atoms with Crippen LogP contribution in [0.2, 0.25) is 0 Å². The Kier molecular flexibility index (Phi) is 4.36. The van der Waals surface area contributed by atoms with Crippen LogP contribution in [0.15, 0.2) is 0 Å². The average Bonchev–Trinajstić information content (AvgIpc) is 2.31. The van der Waals surface area contributed by atoms with E-state index >= 15 is 0 Å². The van der Waals surface area contributed by atoms with Gasteiger partial charge in [0.25, 0.3) is 0 Å². The van der Waals surface area contributed by atoms with Gasteiger partial charge in [0.15, 0.2) is 0 Å². The van der Waals surface area contributed by atoms with Gasteiger partial charge in [0.05, 0.1) is 0 Å². The molecule has 17 heavy (non-hydrogen) atoms. The molecule has 0 spiro atoms.